The van der Waals surface area contributed by atoms with Crippen LogP contribution < -0.4 is 10.4 Å². The van der Waals surface area contributed by atoms with E-state index in [9.17, 15) is 9.59 Å². The highest BCUT2D eigenvalue weighted by molar-refractivity contribution is 7.07. The van der Waals surface area contributed by atoms with Gasteiger partial charge in [-0.05, 0) is 50.3 Å². The van der Waals surface area contributed by atoms with Crippen LogP contribution in [0.5, 0.6) is 5.75 Å². The molecule has 1 atom stereocenters. The van der Waals surface area contributed by atoms with Crippen LogP contribution in [0.25, 0.3) is 11.0 Å². The molecule has 1 aliphatic carbocycles. The summed E-state index contributed by atoms with van der Waals surface area (Å²) in [5.74, 6) is 0.370. The predicted octanol–water partition coefficient (Wildman–Crippen LogP) is 3.55. The average molecular weight is 398 g/mol. The van der Waals surface area contributed by atoms with Gasteiger partial charge >= 0.3 is 5.63 Å². The number of amides is 1. The molecule has 2 heterocycles. The molecule has 6 nitrogen and oxygen atoms in total. The van der Waals surface area contributed by atoms with Crippen molar-refractivity contribution in [2.75, 3.05) is 7.05 Å². The van der Waals surface area contributed by atoms with E-state index in [1.807, 2.05) is 17.5 Å². The molecule has 1 aromatic carbocycles. The smallest absolute Gasteiger partial charge is 0.339 e. The molecule has 0 bridgehead atoms. The number of hydrogen-bond acceptors (Lipinski definition) is 6. The van der Waals surface area contributed by atoms with Gasteiger partial charge in [0.05, 0.1) is 17.7 Å². The van der Waals surface area contributed by atoms with Gasteiger partial charge in [0.25, 0.3) is 5.91 Å². The van der Waals surface area contributed by atoms with Crippen molar-refractivity contribution in [3.05, 3.63) is 56.3 Å². The quantitative estimate of drug-likeness (QED) is 0.615. The molecule has 1 amide bonds. The molecule has 0 saturated carbocycles. The summed E-state index contributed by atoms with van der Waals surface area (Å²) in [7, 11) is 1.73. The minimum Gasteiger partial charge on any atom is -0.481 e. The number of benzene rings is 1. The van der Waals surface area contributed by atoms with Crippen LogP contribution in [-0.4, -0.2) is 28.9 Å². The number of nitrogens with zero attached hydrogens (tertiary/aromatic N) is 2. The number of carbonyl (C=O) groups is 1. The molecule has 28 heavy (non-hydrogen) atoms. The van der Waals surface area contributed by atoms with Crippen LogP contribution in [0.2, 0.25) is 0 Å². The van der Waals surface area contributed by atoms with E-state index < -0.39 is 6.10 Å². The number of fused-ring (bicyclic) bond motifs is 3. The summed E-state index contributed by atoms with van der Waals surface area (Å²) in [6, 6.07) is 5.46. The summed E-state index contributed by atoms with van der Waals surface area (Å²) in [4.78, 5) is 30.7. The van der Waals surface area contributed by atoms with Crippen molar-refractivity contribution in [3.8, 4) is 5.75 Å². The Bertz CT molecular complexity index is 1060. The van der Waals surface area contributed by atoms with Crippen molar-refractivity contribution in [2.45, 2.75) is 45.3 Å². The summed E-state index contributed by atoms with van der Waals surface area (Å²) in [6.45, 7) is 2.15. The summed E-state index contributed by atoms with van der Waals surface area (Å²) in [6.07, 6.45) is 3.13. The maximum atomic E-state index is 12.6. The lowest BCUT2D eigenvalue weighted by Crippen LogP contribution is -2.37. The Balaban J connectivity index is 1.52. The van der Waals surface area contributed by atoms with Crippen LogP contribution in [0.15, 0.2) is 38.3 Å². The predicted molar refractivity (Wildman–Crippen MR) is 108 cm³/mol. The van der Waals surface area contributed by atoms with Crippen LogP contribution in [0.1, 0.15) is 36.6 Å². The Morgan fingerprint density at radius 2 is 2.11 bits per heavy atom. The molecule has 0 fully saturated rings. The van der Waals surface area contributed by atoms with Gasteiger partial charge in [0.2, 0.25) is 0 Å². The lowest BCUT2D eigenvalue weighted by Gasteiger charge is -2.22. The van der Waals surface area contributed by atoms with Gasteiger partial charge in [0.1, 0.15) is 11.3 Å². The third-order valence-electron chi connectivity index (χ3n) is 5.11. The van der Waals surface area contributed by atoms with Crippen molar-refractivity contribution in [3.63, 3.8) is 0 Å². The molecule has 0 spiro atoms. The highest BCUT2D eigenvalue weighted by Gasteiger charge is 2.21. The van der Waals surface area contributed by atoms with Gasteiger partial charge in [0.15, 0.2) is 6.10 Å². The molecule has 1 unspecified atom stereocenters. The molecule has 3 aromatic rings. The van der Waals surface area contributed by atoms with E-state index in [2.05, 4.69) is 4.98 Å². The molecule has 4 rings (SSSR count). The zero-order chi connectivity index (χ0) is 19.7. The summed E-state index contributed by atoms with van der Waals surface area (Å²) in [5.41, 5.74) is 4.75. The number of hydrogen-bond donors (Lipinski definition) is 0. The second kappa shape index (κ2) is 7.75. The Morgan fingerprint density at radius 3 is 2.86 bits per heavy atom. The van der Waals surface area contributed by atoms with Crippen LogP contribution in [-0.2, 0) is 24.2 Å². The highest BCUT2D eigenvalue weighted by Crippen LogP contribution is 2.29. The molecule has 2 aromatic heterocycles. The Labute approximate surface area is 166 Å². The fraction of sp³-hybridized carbons (Fsp3) is 0.381. The van der Waals surface area contributed by atoms with E-state index >= 15 is 0 Å². The molecular weight excluding hydrogens is 376 g/mol. The van der Waals surface area contributed by atoms with Gasteiger partial charge < -0.3 is 14.1 Å². The zero-order valence-corrected chi connectivity index (χ0v) is 16.8. The van der Waals surface area contributed by atoms with Crippen molar-refractivity contribution in [2.24, 2.45) is 0 Å². The van der Waals surface area contributed by atoms with E-state index in [1.165, 1.54) is 11.3 Å². The Morgan fingerprint density at radius 1 is 1.32 bits per heavy atom. The molecule has 0 radical (unpaired) electrons. The number of thiazole rings is 1. The van der Waals surface area contributed by atoms with Crippen LogP contribution in [0, 0.1) is 0 Å². The van der Waals surface area contributed by atoms with Gasteiger partial charge in [-0.15, -0.1) is 11.3 Å². The normalized spacial score (nSPS) is 14.5. The lowest BCUT2D eigenvalue weighted by molar-refractivity contribution is -0.137. The molecule has 0 aliphatic heterocycles. The first kappa shape index (κ1) is 18.7. The molecule has 1 aliphatic rings. The van der Waals surface area contributed by atoms with E-state index in [4.69, 9.17) is 9.15 Å². The van der Waals surface area contributed by atoms with Gasteiger partial charge in [-0.25, -0.2) is 9.78 Å². The molecule has 7 heteroatoms. The van der Waals surface area contributed by atoms with Crippen LogP contribution in [0.4, 0.5) is 0 Å². The second-order valence-corrected chi connectivity index (χ2v) is 7.86. The number of rotatable bonds is 5. The van der Waals surface area contributed by atoms with E-state index in [-0.39, 0.29) is 11.5 Å². The fourth-order valence-electron chi connectivity index (χ4n) is 3.70. The summed E-state index contributed by atoms with van der Waals surface area (Å²) < 4.78 is 11.4. The third-order valence-corrected chi connectivity index (χ3v) is 5.75. The van der Waals surface area contributed by atoms with E-state index in [0.717, 1.165) is 47.9 Å². The first-order valence-corrected chi connectivity index (χ1v) is 10.3. The topological polar surface area (TPSA) is 72.6 Å². The maximum Gasteiger partial charge on any atom is 0.339 e. The number of ether oxygens (including phenoxy) is 1. The van der Waals surface area contributed by atoms with Gasteiger partial charge in [-0.1, -0.05) is 0 Å². The minimum atomic E-state index is -0.662. The van der Waals surface area contributed by atoms with Crippen LogP contribution >= 0.6 is 11.3 Å². The van der Waals surface area contributed by atoms with Crippen LogP contribution in [0.3, 0.4) is 0 Å². The third kappa shape index (κ3) is 3.67. The van der Waals surface area contributed by atoms with Crippen molar-refractivity contribution in [1.82, 2.24) is 9.88 Å². The Hall–Kier alpha value is -2.67. The standard InChI is InChI=1S/C21H22N2O4S/c1-13(20(24)23(2)10-14-11-28-12-22-14)26-15-7-8-17-16-5-3-4-6-18(16)21(25)27-19(17)9-15/h7-9,11-13H,3-6,10H2,1-2H3. The first-order valence-electron chi connectivity index (χ1n) is 9.40. The average Bonchev–Trinajstić information content (AvgIpc) is 3.20. The fourth-order valence-corrected chi connectivity index (χ4v) is 4.25. The largest absolute Gasteiger partial charge is 0.481 e. The monoisotopic (exact) mass is 398 g/mol. The molecule has 146 valence electrons. The number of carbonyl (C=O) groups excluding carboxylic acids is 1. The highest BCUT2D eigenvalue weighted by atomic mass is 32.1. The van der Waals surface area contributed by atoms with E-state index in [1.54, 1.807) is 30.4 Å². The van der Waals surface area contributed by atoms with Gasteiger partial charge in [0, 0.05) is 29.4 Å². The molecule has 0 saturated heterocycles. The Kier molecular flexibility index (Phi) is 5.17. The molecular formula is C21H22N2O4S. The first-order chi connectivity index (χ1) is 13.5. The van der Waals surface area contributed by atoms with Crippen molar-refractivity contribution >= 4 is 28.2 Å². The minimum absolute atomic E-state index is 0.139. The van der Waals surface area contributed by atoms with Crippen molar-refractivity contribution in [1.29, 1.82) is 0 Å². The number of aromatic nitrogens is 1. The maximum absolute atomic E-state index is 12.6. The SMILES string of the molecule is CC(Oc1ccc2c3c(c(=O)oc2c1)CCCC3)C(=O)N(C)Cc1cscn1. The molecule has 0 N–H and O–H groups in total. The number of aryl methyl sites for hydroxylation is 1. The summed E-state index contributed by atoms with van der Waals surface area (Å²) in [5, 5.41) is 2.88. The van der Waals surface area contributed by atoms with Crippen molar-refractivity contribution < 1.29 is 13.9 Å². The van der Waals surface area contributed by atoms with Gasteiger partial charge in [-0.3, -0.25) is 4.79 Å². The van der Waals surface area contributed by atoms with Gasteiger partial charge in [-0.2, -0.15) is 0 Å². The lowest BCUT2D eigenvalue weighted by atomic mass is 9.91. The number of likely N-dealkylation sites (N-methyl/N-ethyl adjacent to an activating group) is 1. The van der Waals surface area contributed by atoms with E-state index in [0.29, 0.717) is 17.9 Å². The summed E-state index contributed by atoms with van der Waals surface area (Å²) >= 11 is 1.50. The second-order valence-electron chi connectivity index (χ2n) is 7.15. The zero-order valence-electron chi connectivity index (χ0n) is 15.9.